The van der Waals surface area contributed by atoms with Gasteiger partial charge in [0, 0.05) is 6.42 Å². The van der Waals surface area contributed by atoms with E-state index in [0.717, 1.165) is 45.0 Å². The van der Waals surface area contributed by atoms with Gasteiger partial charge in [0.1, 0.15) is 5.60 Å². The van der Waals surface area contributed by atoms with E-state index in [4.69, 9.17) is 16.3 Å². The Morgan fingerprint density at radius 1 is 0.923 bits per heavy atom. The van der Waals surface area contributed by atoms with E-state index in [1.54, 1.807) is 26.8 Å². The molecule has 2 unspecified atom stereocenters. The smallest absolute Gasteiger partial charge is 0.397 e. The summed E-state index contributed by atoms with van der Waals surface area (Å²) in [5.41, 5.74) is -2.54. The predicted molar refractivity (Wildman–Crippen MR) is 138 cm³/mol. The number of aryl methyl sites for hydroxylation is 1. The van der Waals surface area contributed by atoms with Gasteiger partial charge in [0.2, 0.25) is 5.91 Å². The van der Waals surface area contributed by atoms with Crippen LogP contribution in [0.4, 0.5) is 32.0 Å². The van der Waals surface area contributed by atoms with Crippen LogP contribution in [-0.2, 0) is 26.2 Å². The number of carbonyl (C=O) groups excluding carboxylic acids is 2. The highest BCUT2D eigenvalue weighted by Gasteiger charge is 2.49. The van der Waals surface area contributed by atoms with E-state index in [2.05, 4.69) is 5.32 Å². The lowest BCUT2D eigenvalue weighted by Gasteiger charge is -2.29. The van der Waals surface area contributed by atoms with Gasteiger partial charge < -0.3 is 10.1 Å². The Labute approximate surface area is 229 Å². The van der Waals surface area contributed by atoms with Gasteiger partial charge in [-0.1, -0.05) is 48.9 Å². The number of hydrogen-bond donors (Lipinski definition) is 1. The van der Waals surface area contributed by atoms with Crippen LogP contribution in [0, 0.1) is 5.92 Å². The summed E-state index contributed by atoms with van der Waals surface area (Å²) in [5.74, 6) is -5.41. The number of alkyl halides is 6. The molecule has 4 nitrogen and oxygen atoms in total. The fourth-order valence-corrected chi connectivity index (χ4v) is 3.96. The normalized spacial score (nSPS) is 14.5. The predicted octanol–water partition coefficient (Wildman–Crippen LogP) is 8.37. The van der Waals surface area contributed by atoms with Crippen LogP contribution in [0.1, 0.15) is 70.6 Å². The fourth-order valence-electron chi connectivity index (χ4n) is 3.80. The van der Waals surface area contributed by atoms with Crippen molar-refractivity contribution in [1.82, 2.24) is 0 Å². The van der Waals surface area contributed by atoms with E-state index in [1.165, 1.54) is 12.1 Å². The molecule has 1 amide bonds. The fraction of sp³-hybridized carbons (Fsp3) is 0.500. The van der Waals surface area contributed by atoms with Gasteiger partial charge in [-0.25, -0.2) is 0 Å². The molecular weight excluding hydrogens is 548 g/mol. The van der Waals surface area contributed by atoms with Crippen molar-refractivity contribution in [3.8, 4) is 0 Å². The monoisotopic (exact) mass is 579 g/mol. The van der Waals surface area contributed by atoms with Crippen molar-refractivity contribution < 1.29 is 40.7 Å². The van der Waals surface area contributed by atoms with E-state index in [0.29, 0.717) is 5.56 Å². The molecule has 39 heavy (non-hydrogen) atoms. The number of rotatable bonds is 8. The number of carbonyl (C=O) groups is 2. The van der Waals surface area contributed by atoms with Crippen molar-refractivity contribution in [1.29, 1.82) is 0 Å². The number of nitrogens with one attached hydrogen (secondary N) is 1. The lowest BCUT2D eigenvalue weighted by atomic mass is 9.81. The zero-order chi connectivity index (χ0) is 30.0. The molecule has 2 rings (SSSR count). The summed E-state index contributed by atoms with van der Waals surface area (Å²) in [6, 6.07) is 8.88. The number of amides is 1. The summed E-state index contributed by atoms with van der Waals surface area (Å²) < 4.78 is 86.8. The zero-order valence-electron chi connectivity index (χ0n) is 22.5. The minimum atomic E-state index is -4.77. The van der Waals surface area contributed by atoms with Gasteiger partial charge in [0.25, 0.3) is 0 Å². The second-order valence-electron chi connectivity index (χ2n) is 10.9. The molecule has 0 aromatic heterocycles. The summed E-state index contributed by atoms with van der Waals surface area (Å²) in [5, 5.41) is 2.49. The van der Waals surface area contributed by atoms with Gasteiger partial charge in [-0.3, -0.25) is 9.59 Å². The van der Waals surface area contributed by atoms with Crippen molar-refractivity contribution in [2.45, 2.75) is 83.7 Å². The molecule has 0 aliphatic heterocycles. The van der Waals surface area contributed by atoms with Crippen molar-refractivity contribution in [3.63, 3.8) is 0 Å². The van der Waals surface area contributed by atoms with E-state index in [1.807, 2.05) is 0 Å². The molecule has 0 fully saturated rings. The average molecular weight is 580 g/mol. The lowest BCUT2D eigenvalue weighted by molar-refractivity contribution is -0.180. The number of anilines is 1. The zero-order valence-corrected chi connectivity index (χ0v) is 23.2. The Hall–Kier alpha value is -2.75. The van der Waals surface area contributed by atoms with E-state index in [-0.39, 0.29) is 34.7 Å². The summed E-state index contributed by atoms with van der Waals surface area (Å²) in [6.07, 6.45) is -9.10. The minimum absolute atomic E-state index is 0.0284. The summed E-state index contributed by atoms with van der Waals surface area (Å²) >= 11 is 6.19. The Morgan fingerprint density at radius 3 is 1.97 bits per heavy atom. The molecule has 0 saturated heterocycles. The molecule has 0 radical (unpaired) electrons. The molecule has 0 saturated carbocycles. The van der Waals surface area contributed by atoms with Gasteiger partial charge in [-0.2, -0.15) is 26.3 Å². The van der Waals surface area contributed by atoms with Crippen LogP contribution in [-0.4, -0.2) is 29.8 Å². The third kappa shape index (κ3) is 8.62. The van der Waals surface area contributed by atoms with Crippen LogP contribution >= 0.6 is 11.6 Å². The summed E-state index contributed by atoms with van der Waals surface area (Å²) in [4.78, 5) is 25.2. The first-order valence-corrected chi connectivity index (χ1v) is 12.6. The number of halogens is 7. The van der Waals surface area contributed by atoms with Gasteiger partial charge in [-0.05, 0) is 69.9 Å². The molecule has 1 N–H and O–H groups in total. The molecule has 0 heterocycles. The maximum Gasteiger partial charge on any atom is 0.397 e. The van der Waals surface area contributed by atoms with Crippen LogP contribution in [0.5, 0.6) is 0 Å². The van der Waals surface area contributed by atoms with Gasteiger partial charge in [0.05, 0.1) is 28.0 Å². The Morgan fingerprint density at radius 2 is 1.49 bits per heavy atom. The number of ether oxygens (including phenoxy) is 1. The maximum absolute atomic E-state index is 13.7. The van der Waals surface area contributed by atoms with Gasteiger partial charge in [-0.15, -0.1) is 0 Å². The van der Waals surface area contributed by atoms with Crippen LogP contribution in [0.15, 0.2) is 42.5 Å². The maximum atomic E-state index is 13.7. The van der Waals surface area contributed by atoms with E-state index >= 15 is 0 Å². The molecule has 2 aromatic rings. The summed E-state index contributed by atoms with van der Waals surface area (Å²) in [7, 11) is 0. The molecular formula is C28H32ClF6NO3. The third-order valence-electron chi connectivity index (χ3n) is 6.33. The average Bonchev–Trinajstić information content (AvgIpc) is 2.77. The van der Waals surface area contributed by atoms with Crippen molar-refractivity contribution in [2.24, 2.45) is 5.92 Å². The third-order valence-corrected chi connectivity index (χ3v) is 6.65. The van der Waals surface area contributed by atoms with E-state index < -0.39 is 47.1 Å². The molecule has 216 valence electrons. The first-order chi connectivity index (χ1) is 17.6. The van der Waals surface area contributed by atoms with Crippen LogP contribution in [0.3, 0.4) is 0 Å². The molecule has 2 atom stereocenters. The largest absolute Gasteiger partial charge is 0.460 e. The second-order valence-corrected chi connectivity index (χ2v) is 11.3. The van der Waals surface area contributed by atoms with Crippen molar-refractivity contribution in [3.05, 3.63) is 64.2 Å². The molecule has 0 aliphatic carbocycles. The first kappa shape index (κ1) is 32.5. The SMILES string of the molecule is CC(C(C(=O)Nc1cc(CCC(=O)OC(C)(C)C)ccc1Cl)c1ccc(C(C)(C)C(F)(F)F)cc1)C(F)(F)F. The van der Waals surface area contributed by atoms with Crippen LogP contribution in [0.2, 0.25) is 5.02 Å². The van der Waals surface area contributed by atoms with Crippen LogP contribution in [0.25, 0.3) is 0 Å². The molecule has 11 heteroatoms. The van der Waals surface area contributed by atoms with Crippen LogP contribution < -0.4 is 5.32 Å². The standard InChI is InChI=1S/C28H32ClF6NO3/c1-16(27(30,31)32)23(18-9-11-19(12-10-18)26(5,6)28(33,34)35)24(38)36-21-15-17(7-13-20(21)29)8-14-22(37)39-25(2,3)4/h7,9-13,15-16,23H,8,14H2,1-6H3,(H,36,38). The first-order valence-electron chi connectivity index (χ1n) is 12.2. The quantitative estimate of drug-likeness (QED) is 0.252. The van der Waals surface area contributed by atoms with Gasteiger partial charge >= 0.3 is 18.3 Å². The highest BCUT2D eigenvalue weighted by atomic mass is 35.5. The lowest BCUT2D eigenvalue weighted by Crippen LogP contribution is -2.36. The topological polar surface area (TPSA) is 55.4 Å². The number of hydrogen-bond acceptors (Lipinski definition) is 3. The second kappa shape index (κ2) is 11.8. The Kier molecular flexibility index (Phi) is 9.80. The Balaban J connectivity index is 2.34. The van der Waals surface area contributed by atoms with E-state index in [9.17, 15) is 35.9 Å². The van der Waals surface area contributed by atoms with Crippen molar-refractivity contribution >= 4 is 29.2 Å². The highest BCUT2D eigenvalue weighted by molar-refractivity contribution is 6.33. The van der Waals surface area contributed by atoms with Crippen molar-refractivity contribution in [2.75, 3.05) is 5.32 Å². The number of esters is 1. The highest BCUT2D eigenvalue weighted by Crippen LogP contribution is 2.42. The molecule has 0 bridgehead atoms. The minimum Gasteiger partial charge on any atom is -0.460 e. The Bertz CT molecular complexity index is 1170. The number of benzene rings is 2. The van der Waals surface area contributed by atoms with Gasteiger partial charge in [0.15, 0.2) is 0 Å². The summed E-state index contributed by atoms with van der Waals surface area (Å²) in [6.45, 7) is 7.93. The molecule has 0 aliphatic rings. The molecule has 0 spiro atoms. The molecule has 2 aromatic carbocycles.